The van der Waals surface area contributed by atoms with Crippen LogP contribution in [0.15, 0.2) is 53.9 Å². The summed E-state index contributed by atoms with van der Waals surface area (Å²) in [5.41, 5.74) is 1.75. The van der Waals surface area contributed by atoms with E-state index in [0.717, 1.165) is 4.90 Å². The van der Waals surface area contributed by atoms with E-state index in [0.29, 0.717) is 21.8 Å². The highest BCUT2D eigenvalue weighted by molar-refractivity contribution is 7.12. The molecule has 3 aromatic rings. The van der Waals surface area contributed by atoms with Crippen molar-refractivity contribution in [3.63, 3.8) is 0 Å². The Bertz CT molecular complexity index is 1180. The van der Waals surface area contributed by atoms with Crippen LogP contribution >= 0.6 is 11.3 Å². The first-order chi connectivity index (χ1) is 13.9. The van der Waals surface area contributed by atoms with Crippen LogP contribution in [0, 0.1) is 6.92 Å². The number of thiophene rings is 1. The van der Waals surface area contributed by atoms with Crippen LogP contribution in [-0.4, -0.2) is 28.8 Å². The molecule has 0 fully saturated rings. The molecule has 4 rings (SSSR count). The topological polar surface area (TPSA) is 104 Å². The molecular formula is C21H14N2O5S. The van der Waals surface area contributed by atoms with E-state index in [1.54, 1.807) is 37.3 Å². The molecule has 0 spiro atoms. The summed E-state index contributed by atoms with van der Waals surface area (Å²) in [6.45, 7) is 1.76. The van der Waals surface area contributed by atoms with Gasteiger partial charge in [0.15, 0.2) is 0 Å². The van der Waals surface area contributed by atoms with Gasteiger partial charge in [0.05, 0.1) is 27.3 Å². The number of nitrogens with one attached hydrogen (secondary N) is 1. The summed E-state index contributed by atoms with van der Waals surface area (Å²) in [5, 5.41) is 13.7. The largest absolute Gasteiger partial charge is 0.478 e. The Kier molecular flexibility index (Phi) is 4.48. The number of imide groups is 1. The standard InChI is InChI=1S/C21H14N2O5S/c1-11-9-13(5-7-16(11)22-18(24)17-3-2-8-29-17)23-19(25)14-6-4-12(21(27)28)10-15(14)20(23)26/h2-10H,1H3,(H,22,24)(H,27,28). The maximum absolute atomic E-state index is 12.8. The minimum atomic E-state index is -1.17. The molecule has 1 aromatic heterocycles. The number of amides is 3. The lowest BCUT2D eigenvalue weighted by atomic mass is 10.1. The lowest BCUT2D eigenvalue weighted by Crippen LogP contribution is -2.29. The second-order valence-electron chi connectivity index (χ2n) is 6.44. The fourth-order valence-corrected chi connectivity index (χ4v) is 3.75. The first-order valence-corrected chi connectivity index (χ1v) is 9.46. The Morgan fingerprint density at radius 1 is 1.00 bits per heavy atom. The third-order valence-electron chi connectivity index (χ3n) is 4.59. The summed E-state index contributed by atoms with van der Waals surface area (Å²) in [4.78, 5) is 50.4. The average molecular weight is 406 g/mol. The van der Waals surface area contributed by atoms with E-state index in [1.807, 2.05) is 5.38 Å². The molecule has 2 N–H and O–H groups in total. The lowest BCUT2D eigenvalue weighted by molar-refractivity contribution is 0.0696. The van der Waals surface area contributed by atoms with Crippen LogP contribution in [0.25, 0.3) is 0 Å². The number of anilines is 2. The highest BCUT2D eigenvalue weighted by Crippen LogP contribution is 2.31. The first kappa shape index (κ1) is 18.6. The van der Waals surface area contributed by atoms with Crippen LogP contribution in [0.5, 0.6) is 0 Å². The number of nitrogens with zero attached hydrogens (tertiary/aromatic N) is 1. The maximum Gasteiger partial charge on any atom is 0.335 e. The minimum Gasteiger partial charge on any atom is -0.478 e. The number of aromatic carboxylic acids is 1. The fraction of sp³-hybridized carbons (Fsp3) is 0.0476. The van der Waals surface area contributed by atoms with Crippen molar-refractivity contribution < 1.29 is 24.3 Å². The van der Waals surface area contributed by atoms with Gasteiger partial charge in [-0.1, -0.05) is 6.07 Å². The molecule has 2 aromatic carbocycles. The molecule has 1 aliphatic rings. The van der Waals surface area contributed by atoms with E-state index in [4.69, 9.17) is 5.11 Å². The zero-order valence-electron chi connectivity index (χ0n) is 15.1. The lowest BCUT2D eigenvalue weighted by Gasteiger charge is -2.16. The number of hydrogen-bond acceptors (Lipinski definition) is 5. The maximum atomic E-state index is 12.8. The highest BCUT2D eigenvalue weighted by Gasteiger charge is 2.37. The number of carboxylic acid groups (broad SMARTS) is 1. The van der Waals surface area contributed by atoms with Crippen molar-refractivity contribution >= 4 is 46.4 Å². The molecule has 0 radical (unpaired) electrons. The monoisotopic (exact) mass is 406 g/mol. The summed E-state index contributed by atoms with van der Waals surface area (Å²) in [6, 6.07) is 12.2. The third kappa shape index (κ3) is 3.19. The summed E-state index contributed by atoms with van der Waals surface area (Å²) in [6.07, 6.45) is 0. The molecule has 0 aliphatic carbocycles. The molecule has 0 bridgehead atoms. The van der Waals surface area contributed by atoms with Gasteiger partial charge in [0.2, 0.25) is 0 Å². The zero-order chi connectivity index (χ0) is 20.7. The van der Waals surface area contributed by atoms with Crippen LogP contribution in [-0.2, 0) is 0 Å². The van der Waals surface area contributed by atoms with Crippen LogP contribution in [0.4, 0.5) is 11.4 Å². The van der Waals surface area contributed by atoms with Crippen LogP contribution in [0.2, 0.25) is 0 Å². The molecule has 0 atom stereocenters. The number of fused-ring (bicyclic) bond motifs is 1. The molecular weight excluding hydrogens is 392 g/mol. The molecule has 8 heteroatoms. The number of carboxylic acids is 1. The van der Waals surface area contributed by atoms with Gasteiger partial charge < -0.3 is 10.4 Å². The molecule has 1 aliphatic heterocycles. The van der Waals surface area contributed by atoms with Gasteiger partial charge in [-0.2, -0.15) is 0 Å². The molecule has 2 heterocycles. The summed E-state index contributed by atoms with van der Waals surface area (Å²) < 4.78 is 0. The molecule has 144 valence electrons. The predicted molar refractivity (Wildman–Crippen MR) is 108 cm³/mol. The smallest absolute Gasteiger partial charge is 0.335 e. The molecule has 3 amide bonds. The number of carbonyl (C=O) groups excluding carboxylic acids is 3. The van der Waals surface area contributed by atoms with Crippen molar-refractivity contribution in [3.8, 4) is 0 Å². The van der Waals surface area contributed by atoms with Gasteiger partial charge in [-0.25, -0.2) is 9.69 Å². The molecule has 29 heavy (non-hydrogen) atoms. The summed E-state index contributed by atoms with van der Waals surface area (Å²) in [7, 11) is 0. The molecule has 0 unspecified atom stereocenters. The Morgan fingerprint density at radius 2 is 1.76 bits per heavy atom. The van der Waals surface area contributed by atoms with Crippen molar-refractivity contribution in [2.75, 3.05) is 10.2 Å². The van der Waals surface area contributed by atoms with Crippen molar-refractivity contribution in [1.82, 2.24) is 0 Å². The van der Waals surface area contributed by atoms with Crippen LogP contribution in [0.3, 0.4) is 0 Å². The molecule has 7 nitrogen and oxygen atoms in total. The highest BCUT2D eigenvalue weighted by atomic mass is 32.1. The Morgan fingerprint density at radius 3 is 2.41 bits per heavy atom. The van der Waals surface area contributed by atoms with Gasteiger partial charge in [0.25, 0.3) is 17.7 Å². The number of aryl methyl sites for hydroxylation is 1. The van der Waals surface area contributed by atoms with Crippen molar-refractivity contribution in [1.29, 1.82) is 0 Å². The van der Waals surface area contributed by atoms with E-state index >= 15 is 0 Å². The van der Waals surface area contributed by atoms with Gasteiger partial charge in [-0.15, -0.1) is 11.3 Å². The van der Waals surface area contributed by atoms with Gasteiger partial charge in [-0.3, -0.25) is 14.4 Å². The quantitative estimate of drug-likeness (QED) is 0.641. The van der Waals surface area contributed by atoms with Crippen LogP contribution in [0.1, 0.15) is 46.3 Å². The van der Waals surface area contributed by atoms with Crippen LogP contribution < -0.4 is 10.2 Å². The van der Waals surface area contributed by atoms with E-state index in [1.165, 1.54) is 29.5 Å². The number of rotatable bonds is 4. The Balaban J connectivity index is 1.63. The van der Waals surface area contributed by atoms with Crippen molar-refractivity contribution in [2.24, 2.45) is 0 Å². The minimum absolute atomic E-state index is 0.0580. The Labute approximate surface area is 169 Å². The average Bonchev–Trinajstić information content (AvgIpc) is 3.31. The van der Waals surface area contributed by atoms with E-state index in [2.05, 4.69) is 5.32 Å². The second-order valence-corrected chi connectivity index (χ2v) is 7.39. The van der Waals surface area contributed by atoms with Gasteiger partial charge in [0, 0.05) is 5.69 Å². The van der Waals surface area contributed by atoms with E-state index in [9.17, 15) is 19.2 Å². The Hall–Kier alpha value is -3.78. The van der Waals surface area contributed by atoms with Gasteiger partial charge in [-0.05, 0) is 60.3 Å². The number of carbonyl (C=O) groups is 4. The predicted octanol–water partition coefficient (Wildman–Crippen LogP) is 3.81. The number of hydrogen-bond donors (Lipinski definition) is 2. The SMILES string of the molecule is Cc1cc(N2C(=O)c3ccc(C(=O)O)cc3C2=O)ccc1NC(=O)c1cccs1. The van der Waals surface area contributed by atoms with E-state index < -0.39 is 17.8 Å². The first-order valence-electron chi connectivity index (χ1n) is 8.58. The third-order valence-corrected chi connectivity index (χ3v) is 5.46. The number of benzene rings is 2. The molecule has 0 saturated carbocycles. The fourth-order valence-electron chi connectivity index (χ4n) is 3.13. The second kappa shape index (κ2) is 6.99. The van der Waals surface area contributed by atoms with Crippen molar-refractivity contribution in [2.45, 2.75) is 6.92 Å². The van der Waals surface area contributed by atoms with Gasteiger partial charge >= 0.3 is 5.97 Å². The molecule has 0 saturated heterocycles. The summed E-state index contributed by atoms with van der Waals surface area (Å²) in [5.74, 6) is -2.51. The summed E-state index contributed by atoms with van der Waals surface area (Å²) >= 11 is 1.32. The normalized spacial score (nSPS) is 12.8. The zero-order valence-corrected chi connectivity index (χ0v) is 15.9. The van der Waals surface area contributed by atoms with E-state index in [-0.39, 0.29) is 22.6 Å². The van der Waals surface area contributed by atoms with Crippen molar-refractivity contribution in [3.05, 3.63) is 81.0 Å². The van der Waals surface area contributed by atoms with Gasteiger partial charge in [0.1, 0.15) is 0 Å².